The predicted molar refractivity (Wildman–Crippen MR) is 101 cm³/mol. The molecule has 0 aromatic heterocycles. The van der Waals surface area contributed by atoms with Crippen molar-refractivity contribution in [2.24, 2.45) is 0 Å². The molecule has 0 amide bonds. The average Bonchev–Trinajstić information content (AvgIpc) is 3.19. The first kappa shape index (κ1) is 18.5. The van der Waals surface area contributed by atoms with E-state index in [9.17, 15) is 19.7 Å². The second kappa shape index (κ2) is 7.26. The van der Waals surface area contributed by atoms with Crippen molar-refractivity contribution in [1.29, 1.82) is 0 Å². The molecule has 3 aliphatic rings. The molecule has 28 heavy (non-hydrogen) atoms. The minimum Gasteiger partial charge on any atom is -0.419 e. The van der Waals surface area contributed by atoms with Crippen molar-refractivity contribution in [3.63, 3.8) is 0 Å². The van der Waals surface area contributed by atoms with Crippen LogP contribution in [0.2, 0.25) is 0 Å². The molecule has 1 saturated carbocycles. The molecule has 148 valence electrons. The standard InChI is InChI=1S/C20H22N2O6/c23-18-16(19(24)28-20(27-18)8-2-1-3-9-20)13-14-12-15(22(25)26)6-7-17(14)21-10-4-5-11-21/h6-7,12-13H,1-5,8-11H2. The fourth-order valence-electron chi connectivity index (χ4n) is 4.14. The summed E-state index contributed by atoms with van der Waals surface area (Å²) in [7, 11) is 0. The Bertz CT molecular complexity index is 828. The Morgan fingerprint density at radius 3 is 2.25 bits per heavy atom. The van der Waals surface area contributed by atoms with Crippen LogP contribution >= 0.6 is 0 Å². The van der Waals surface area contributed by atoms with Crippen molar-refractivity contribution in [3.05, 3.63) is 39.4 Å². The predicted octanol–water partition coefficient (Wildman–Crippen LogP) is 3.34. The zero-order valence-electron chi connectivity index (χ0n) is 15.5. The zero-order valence-corrected chi connectivity index (χ0v) is 15.5. The van der Waals surface area contributed by atoms with Gasteiger partial charge in [0.1, 0.15) is 5.57 Å². The number of hydrogen-bond donors (Lipinski definition) is 0. The molecule has 4 rings (SSSR count). The van der Waals surface area contributed by atoms with E-state index in [-0.39, 0.29) is 11.3 Å². The van der Waals surface area contributed by atoms with E-state index in [1.54, 1.807) is 6.07 Å². The van der Waals surface area contributed by atoms with Crippen LogP contribution in [0.3, 0.4) is 0 Å². The van der Waals surface area contributed by atoms with Crippen LogP contribution in [-0.2, 0) is 19.1 Å². The highest BCUT2D eigenvalue weighted by Gasteiger charge is 2.46. The third-order valence-corrected chi connectivity index (χ3v) is 5.58. The van der Waals surface area contributed by atoms with Crippen LogP contribution in [0.4, 0.5) is 11.4 Å². The van der Waals surface area contributed by atoms with Gasteiger partial charge in [-0.15, -0.1) is 0 Å². The number of nitro groups is 1. The van der Waals surface area contributed by atoms with Gasteiger partial charge in [-0.3, -0.25) is 10.1 Å². The molecule has 0 radical (unpaired) electrons. The molecule has 1 aliphatic carbocycles. The van der Waals surface area contributed by atoms with Crippen LogP contribution in [0.15, 0.2) is 23.8 Å². The number of non-ortho nitro benzene ring substituents is 1. The molecule has 1 spiro atoms. The molecule has 0 atom stereocenters. The quantitative estimate of drug-likeness (QED) is 0.258. The molecule has 2 aliphatic heterocycles. The van der Waals surface area contributed by atoms with Crippen molar-refractivity contribution < 1.29 is 24.0 Å². The minimum atomic E-state index is -1.15. The Hall–Kier alpha value is -2.90. The molecule has 2 heterocycles. The maximum atomic E-state index is 12.6. The maximum Gasteiger partial charge on any atom is 0.348 e. The zero-order chi connectivity index (χ0) is 19.7. The van der Waals surface area contributed by atoms with Gasteiger partial charge in [-0.05, 0) is 37.8 Å². The summed E-state index contributed by atoms with van der Waals surface area (Å²) < 4.78 is 11.0. The Morgan fingerprint density at radius 1 is 1.00 bits per heavy atom. The number of carbonyl (C=O) groups is 2. The normalized spacial score (nSPS) is 21.4. The molecule has 1 aromatic rings. The molecule has 0 unspecified atom stereocenters. The summed E-state index contributed by atoms with van der Waals surface area (Å²) >= 11 is 0. The molecule has 3 fully saturated rings. The number of rotatable bonds is 3. The van der Waals surface area contributed by atoms with Crippen molar-refractivity contribution in [2.45, 2.75) is 50.7 Å². The number of anilines is 1. The van der Waals surface area contributed by atoms with E-state index in [0.717, 1.165) is 50.9 Å². The minimum absolute atomic E-state index is 0.101. The van der Waals surface area contributed by atoms with Crippen LogP contribution in [0.1, 0.15) is 50.5 Å². The lowest BCUT2D eigenvalue weighted by atomic mass is 9.93. The number of benzene rings is 1. The van der Waals surface area contributed by atoms with Gasteiger partial charge < -0.3 is 14.4 Å². The van der Waals surface area contributed by atoms with Crippen LogP contribution in [-0.4, -0.2) is 35.7 Å². The fourth-order valence-corrected chi connectivity index (χ4v) is 4.14. The smallest absolute Gasteiger partial charge is 0.348 e. The summed E-state index contributed by atoms with van der Waals surface area (Å²) in [6.45, 7) is 1.65. The highest BCUT2D eigenvalue weighted by Crippen LogP contribution is 2.38. The molecule has 1 aromatic carbocycles. The van der Waals surface area contributed by atoms with E-state index in [1.807, 2.05) is 0 Å². The topological polar surface area (TPSA) is 99.0 Å². The van der Waals surface area contributed by atoms with Gasteiger partial charge >= 0.3 is 11.9 Å². The van der Waals surface area contributed by atoms with Gasteiger partial charge in [0.2, 0.25) is 0 Å². The summed E-state index contributed by atoms with van der Waals surface area (Å²) in [4.78, 5) is 38.0. The number of hydrogen-bond acceptors (Lipinski definition) is 7. The Labute approximate surface area is 162 Å². The molecule has 2 saturated heterocycles. The first-order valence-electron chi connectivity index (χ1n) is 9.69. The van der Waals surface area contributed by atoms with Gasteiger partial charge in [0, 0.05) is 49.3 Å². The third kappa shape index (κ3) is 3.46. The number of esters is 2. The number of nitro benzene ring substituents is 1. The summed E-state index contributed by atoms with van der Waals surface area (Å²) in [6, 6.07) is 4.48. The summed E-state index contributed by atoms with van der Waals surface area (Å²) in [6.07, 6.45) is 7.13. The lowest BCUT2D eigenvalue weighted by Crippen LogP contribution is -2.47. The SMILES string of the molecule is O=C1OC2(CCCCC2)OC(=O)C1=Cc1cc([N+](=O)[O-])ccc1N1CCCC1. The fraction of sp³-hybridized carbons (Fsp3) is 0.500. The lowest BCUT2D eigenvalue weighted by molar-refractivity contribution is -0.384. The van der Waals surface area contributed by atoms with Gasteiger partial charge in [0.25, 0.3) is 11.5 Å². The molecule has 8 nitrogen and oxygen atoms in total. The van der Waals surface area contributed by atoms with E-state index >= 15 is 0 Å². The van der Waals surface area contributed by atoms with Gasteiger partial charge in [-0.2, -0.15) is 0 Å². The van der Waals surface area contributed by atoms with Crippen LogP contribution < -0.4 is 4.90 Å². The van der Waals surface area contributed by atoms with E-state index < -0.39 is 22.6 Å². The summed E-state index contributed by atoms with van der Waals surface area (Å²) in [5.74, 6) is -2.60. The highest BCUT2D eigenvalue weighted by molar-refractivity contribution is 6.19. The van der Waals surface area contributed by atoms with E-state index in [0.29, 0.717) is 18.4 Å². The Balaban J connectivity index is 1.69. The largest absolute Gasteiger partial charge is 0.419 e. The van der Waals surface area contributed by atoms with Crippen LogP contribution in [0.25, 0.3) is 6.08 Å². The van der Waals surface area contributed by atoms with Crippen molar-refractivity contribution in [1.82, 2.24) is 0 Å². The second-order valence-corrected chi connectivity index (χ2v) is 7.50. The number of nitrogens with zero attached hydrogens (tertiary/aromatic N) is 2. The summed E-state index contributed by atoms with van der Waals surface area (Å²) in [5.41, 5.74) is 0.877. The molecule has 0 bridgehead atoms. The number of ether oxygens (including phenoxy) is 2. The number of carbonyl (C=O) groups excluding carboxylic acids is 2. The van der Waals surface area contributed by atoms with Crippen LogP contribution in [0, 0.1) is 10.1 Å². The van der Waals surface area contributed by atoms with E-state index in [1.165, 1.54) is 18.2 Å². The van der Waals surface area contributed by atoms with Gasteiger partial charge in [0.15, 0.2) is 0 Å². The average molecular weight is 386 g/mol. The van der Waals surface area contributed by atoms with Crippen molar-refractivity contribution in [3.8, 4) is 0 Å². The van der Waals surface area contributed by atoms with Gasteiger partial charge in [0.05, 0.1) is 4.92 Å². The van der Waals surface area contributed by atoms with Crippen molar-refractivity contribution >= 4 is 29.4 Å². The Kier molecular flexibility index (Phi) is 4.78. The molecular weight excluding hydrogens is 364 g/mol. The van der Waals surface area contributed by atoms with E-state index in [4.69, 9.17) is 9.47 Å². The molecular formula is C20H22N2O6. The second-order valence-electron chi connectivity index (χ2n) is 7.50. The van der Waals surface area contributed by atoms with Crippen molar-refractivity contribution in [2.75, 3.05) is 18.0 Å². The maximum absolute atomic E-state index is 12.6. The lowest BCUT2D eigenvalue weighted by Gasteiger charge is -2.38. The Morgan fingerprint density at radius 2 is 1.64 bits per heavy atom. The first-order valence-corrected chi connectivity index (χ1v) is 9.69. The van der Waals surface area contributed by atoms with E-state index in [2.05, 4.69) is 4.90 Å². The van der Waals surface area contributed by atoms with Gasteiger partial charge in [-0.1, -0.05) is 6.42 Å². The molecule has 0 N–H and O–H groups in total. The third-order valence-electron chi connectivity index (χ3n) is 5.58. The highest BCUT2D eigenvalue weighted by atomic mass is 16.7. The van der Waals surface area contributed by atoms with Gasteiger partial charge in [-0.25, -0.2) is 9.59 Å². The monoisotopic (exact) mass is 386 g/mol. The molecule has 8 heteroatoms. The van der Waals surface area contributed by atoms with Crippen LogP contribution in [0.5, 0.6) is 0 Å². The summed E-state index contributed by atoms with van der Waals surface area (Å²) in [5, 5.41) is 11.2. The first-order chi connectivity index (χ1) is 13.5.